The van der Waals surface area contributed by atoms with E-state index in [0.29, 0.717) is 11.3 Å². The highest BCUT2D eigenvalue weighted by Gasteiger charge is 2.29. The van der Waals surface area contributed by atoms with Crippen molar-refractivity contribution >= 4 is 5.78 Å². The van der Waals surface area contributed by atoms with Gasteiger partial charge in [0.1, 0.15) is 23.5 Å². The molecule has 4 heteroatoms. The maximum Gasteiger partial charge on any atom is 0.170 e. The summed E-state index contributed by atoms with van der Waals surface area (Å²) in [5.74, 6) is -0.691. The molecule has 0 saturated heterocycles. The minimum Gasteiger partial charge on any atom is -0.484 e. The second-order valence-corrected chi connectivity index (χ2v) is 4.88. The number of hydrogen-bond donors (Lipinski definition) is 0. The summed E-state index contributed by atoms with van der Waals surface area (Å²) < 4.78 is 32.2. The van der Waals surface area contributed by atoms with E-state index in [1.54, 1.807) is 6.07 Å². The predicted molar refractivity (Wildman–Crippen MR) is 69.9 cm³/mol. The third-order valence-corrected chi connectivity index (χ3v) is 3.47. The number of benzene rings is 2. The second kappa shape index (κ2) is 4.71. The first-order chi connectivity index (χ1) is 9.54. The van der Waals surface area contributed by atoms with Crippen molar-refractivity contribution in [2.24, 2.45) is 0 Å². The number of fused-ring (bicyclic) bond motifs is 1. The molecule has 0 N–H and O–H groups in total. The first-order valence-corrected chi connectivity index (χ1v) is 6.30. The lowest BCUT2D eigenvalue weighted by Crippen LogP contribution is -2.21. The van der Waals surface area contributed by atoms with E-state index in [1.165, 1.54) is 30.3 Å². The van der Waals surface area contributed by atoms with Gasteiger partial charge in [0.25, 0.3) is 0 Å². The third-order valence-electron chi connectivity index (χ3n) is 3.47. The molecule has 1 unspecified atom stereocenters. The first-order valence-electron chi connectivity index (χ1n) is 6.30. The van der Waals surface area contributed by atoms with Gasteiger partial charge in [0, 0.05) is 0 Å². The molecule has 0 saturated carbocycles. The summed E-state index contributed by atoms with van der Waals surface area (Å²) >= 11 is 0. The minimum atomic E-state index is -0.531. The molecule has 0 fully saturated rings. The summed E-state index contributed by atoms with van der Waals surface area (Å²) in [6.45, 7) is 1.84. The molecule has 2 aromatic rings. The normalized spacial score (nSPS) is 17.6. The first kappa shape index (κ1) is 12.8. The van der Waals surface area contributed by atoms with Gasteiger partial charge in [0.05, 0.1) is 12.0 Å². The van der Waals surface area contributed by atoms with Crippen molar-refractivity contribution in [1.29, 1.82) is 0 Å². The summed E-state index contributed by atoms with van der Waals surface area (Å²) in [5, 5.41) is 0. The highest BCUT2D eigenvalue weighted by Crippen LogP contribution is 2.36. The van der Waals surface area contributed by atoms with Crippen molar-refractivity contribution < 1.29 is 18.3 Å². The Balaban J connectivity index is 2.01. The Morgan fingerprint density at radius 1 is 1.10 bits per heavy atom. The smallest absolute Gasteiger partial charge is 0.170 e. The zero-order chi connectivity index (χ0) is 14.3. The highest BCUT2D eigenvalue weighted by atomic mass is 19.1. The van der Waals surface area contributed by atoms with E-state index in [1.807, 2.05) is 6.92 Å². The van der Waals surface area contributed by atoms with Gasteiger partial charge in [-0.15, -0.1) is 0 Å². The molecule has 0 amide bonds. The number of ether oxygens (including phenoxy) is 1. The molecule has 1 aliphatic heterocycles. The van der Waals surface area contributed by atoms with Crippen molar-refractivity contribution in [3.8, 4) is 5.75 Å². The summed E-state index contributed by atoms with van der Waals surface area (Å²) in [7, 11) is 0. The van der Waals surface area contributed by atoms with Gasteiger partial charge >= 0.3 is 0 Å². The molecule has 2 aromatic carbocycles. The second-order valence-electron chi connectivity index (χ2n) is 4.88. The molecule has 0 radical (unpaired) electrons. The Kier molecular flexibility index (Phi) is 3.01. The number of hydrogen-bond acceptors (Lipinski definition) is 2. The molecule has 0 bridgehead atoms. The zero-order valence-electron chi connectivity index (χ0n) is 10.8. The molecule has 1 atom stereocenters. The molecule has 0 aromatic heterocycles. The summed E-state index contributed by atoms with van der Waals surface area (Å²) in [5.41, 5.74) is 1.75. The van der Waals surface area contributed by atoms with Crippen LogP contribution in [0, 0.1) is 18.6 Å². The number of halogens is 2. The minimum absolute atomic E-state index is 0.0841. The van der Waals surface area contributed by atoms with Crippen LogP contribution in [0.2, 0.25) is 0 Å². The van der Waals surface area contributed by atoms with Crippen molar-refractivity contribution in [1.82, 2.24) is 0 Å². The van der Waals surface area contributed by atoms with Gasteiger partial charge in [-0.1, -0.05) is 6.07 Å². The maximum absolute atomic E-state index is 13.4. The standard InChI is InChI=1S/C16H12F2O2/c1-9-2-3-10(17)6-12(9)16-8-14(19)13-7-11(18)4-5-15(13)20-16/h2-7,16H,8H2,1H3. The number of ketones is 1. The predicted octanol–water partition coefficient (Wildman–Crippen LogP) is 3.98. The van der Waals surface area contributed by atoms with Gasteiger partial charge in [-0.3, -0.25) is 4.79 Å². The number of aryl methyl sites for hydroxylation is 1. The molecule has 3 rings (SSSR count). The van der Waals surface area contributed by atoms with Crippen LogP contribution in [0.25, 0.3) is 0 Å². The van der Waals surface area contributed by atoms with Gasteiger partial charge in [0.2, 0.25) is 0 Å². The average Bonchev–Trinajstić information content (AvgIpc) is 2.42. The Labute approximate surface area is 115 Å². The summed E-state index contributed by atoms with van der Waals surface area (Å²) in [6, 6.07) is 8.25. The fraction of sp³-hybridized carbons (Fsp3) is 0.188. The quantitative estimate of drug-likeness (QED) is 0.786. The number of Topliss-reactive ketones (excluding diaryl/α,β-unsaturated/α-hetero) is 1. The fourth-order valence-electron chi connectivity index (χ4n) is 2.43. The molecule has 0 aliphatic carbocycles. The Morgan fingerprint density at radius 3 is 2.60 bits per heavy atom. The van der Waals surface area contributed by atoms with E-state index in [2.05, 4.69) is 0 Å². The van der Waals surface area contributed by atoms with Crippen molar-refractivity contribution in [2.45, 2.75) is 19.4 Å². The fourth-order valence-corrected chi connectivity index (χ4v) is 2.43. The largest absolute Gasteiger partial charge is 0.484 e. The lowest BCUT2D eigenvalue weighted by atomic mass is 9.94. The van der Waals surface area contributed by atoms with Gasteiger partial charge < -0.3 is 4.74 Å². The van der Waals surface area contributed by atoms with E-state index >= 15 is 0 Å². The molecule has 1 aliphatic rings. The van der Waals surface area contributed by atoms with Gasteiger partial charge in [0.15, 0.2) is 5.78 Å². The van der Waals surface area contributed by atoms with Gasteiger partial charge in [-0.05, 0) is 48.4 Å². The molecular formula is C16H12F2O2. The number of carbonyl (C=O) groups is 1. The molecule has 1 heterocycles. The van der Waals surface area contributed by atoms with Gasteiger partial charge in [-0.25, -0.2) is 8.78 Å². The van der Waals surface area contributed by atoms with Crippen LogP contribution < -0.4 is 4.74 Å². The van der Waals surface area contributed by atoms with Crippen LogP contribution in [-0.4, -0.2) is 5.78 Å². The van der Waals surface area contributed by atoms with Crippen molar-refractivity contribution in [3.63, 3.8) is 0 Å². The van der Waals surface area contributed by atoms with Crippen LogP contribution in [0.1, 0.15) is 34.0 Å². The third kappa shape index (κ3) is 2.18. The van der Waals surface area contributed by atoms with Crippen LogP contribution in [0.3, 0.4) is 0 Å². The number of rotatable bonds is 1. The summed E-state index contributed by atoms with van der Waals surface area (Å²) in [6.07, 6.45) is -0.447. The van der Waals surface area contributed by atoms with Crippen molar-refractivity contribution in [2.75, 3.05) is 0 Å². The average molecular weight is 274 g/mol. The van der Waals surface area contributed by atoms with Crippen LogP contribution in [0.15, 0.2) is 36.4 Å². The van der Waals surface area contributed by atoms with E-state index in [9.17, 15) is 13.6 Å². The molecule has 102 valence electrons. The van der Waals surface area contributed by atoms with Crippen LogP contribution in [0.4, 0.5) is 8.78 Å². The van der Waals surface area contributed by atoms with E-state index < -0.39 is 11.9 Å². The molecule has 0 spiro atoms. The Morgan fingerprint density at radius 2 is 1.80 bits per heavy atom. The Bertz CT molecular complexity index is 695. The van der Waals surface area contributed by atoms with Crippen LogP contribution in [0.5, 0.6) is 5.75 Å². The van der Waals surface area contributed by atoms with Crippen LogP contribution in [-0.2, 0) is 0 Å². The van der Waals surface area contributed by atoms with E-state index in [-0.39, 0.29) is 23.6 Å². The lowest BCUT2D eigenvalue weighted by molar-refractivity contribution is 0.0848. The molecule has 20 heavy (non-hydrogen) atoms. The highest BCUT2D eigenvalue weighted by molar-refractivity contribution is 6.00. The maximum atomic E-state index is 13.4. The lowest BCUT2D eigenvalue weighted by Gasteiger charge is -2.26. The van der Waals surface area contributed by atoms with Crippen LogP contribution >= 0.6 is 0 Å². The topological polar surface area (TPSA) is 26.3 Å². The van der Waals surface area contributed by atoms with E-state index in [4.69, 9.17) is 4.74 Å². The SMILES string of the molecule is Cc1ccc(F)cc1C1CC(=O)c2cc(F)ccc2O1. The summed E-state index contributed by atoms with van der Waals surface area (Å²) in [4.78, 5) is 12.1. The number of carbonyl (C=O) groups excluding carboxylic acids is 1. The monoisotopic (exact) mass is 274 g/mol. The zero-order valence-corrected chi connectivity index (χ0v) is 10.8. The van der Waals surface area contributed by atoms with Gasteiger partial charge in [-0.2, -0.15) is 0 Å². The Hall–Kier alpha value is -2.23. The molecule has 2 nitrogen and oxygen atoms in total. The van der Waals surface area contributed by atoms with Crippen molar-refractivity contribution in [3.05, 3.63) is 64.7 Å². The van der Waals surface area contributed by atoms with E-state index in [0.717, 1.165) is 5.56 Å². The molecular weight excluding hydrogens is 262 g/mol.